The van der Waals surface area contributed by atoms with Gasteiger partial charge >= 0.3 is 0 Å². The molecule has 8 heteroatoms. The Labute approximate surface area is 198 Å². The van der Waals surface area contributed by atoms with E-state index in [1.54, 1.807) is 18.5 Å². The van der Waals surface area contributed by atoms with Crippen molar-refractivity contribution in [2.45, 2.75) is 52.0 Å². The van der Waals surface area contributed by atoms with Crippen LogP contribution in [-0.2, 0) is 9.59 Å². The van der Waals surface area contributed by atoms with Crippen molar-refractivity contribution in [3.05, 3.63) is 70.6 Å². The number of carbonyl (C=O) groups is 2. The third kappa shape index (κ3) is 5.26. The highest BCUT2D eigenvalue weighted by molar-refractivity contribution is 6.13. The minimum Gasteiger partial charge on any atom is -0.341 e. The molecule has 1 N–H and O–H groups in total. The molecule has 0 saturated heterocycles. The van der Waals surface area contributed by atoms with Crippen LogP contribution in [0.15, 0.2) is 80.6 Å². The molecule has 2 heterocycles. The summed E-state index contributed by atoms with van der Waals surface area (Å²) in [5.74, 6) is -4.08. The van der Waals surface area contributed by atoms with Gasteiger partial charge in [0.15, 0.2) is 5.78 Å². The van der Waals surface area contributed by atoms with E-state index in [4.69, 9.17) is 0 Å². The maximum Gasteiger partial charge on any atom is 0.272 e. The van der Waals surface area contributed by atoms with Gasteiger partial charge in [-0.25, -0.2) is 13.8 Å². The van der Waals surface area contributed by atoms with Crippen LogP contribution in [0, 0.1) is 11.8 Å². The van der Waals surface area contributed by atoms with Crippen LogP contribution < -0.4 is 5.32 Å². The number of alkyl halides is 2. The SMILES string of the molecule is CCC1C=CC(C2=CC3C=C(C(=O)NC(CC4=CN=CC4)C(C)=O)N=C3C(C(C)(F)F)=C2)=C1.F.[HH]. The van der Waals surface area contributed by atoms with E-state index in [1.165, 1.54) is 13.0 Å². The smallest absolute Gasteiger partial charge is 0.272 e. The summed E-state index contributed by atoms with van der Waals surface area (Å²) in [5, 5.41) is 2.72. The quantitative estimate of drug-likeness (QED) is 0.526. The van der Waals surface area contributed by atoms with Crippen LogP contribution in [0.2, 0.25) is 0 Å². The third-order valence-corrected chi connectivity index (χ3v) is 6.23. The van der Waals surface area contributed by atoms with Gasteiger partial charge in [0.25, 0.3) is 11.8 Å². The molecule has 1 amide bonds. The summed E-state index contributed by atoms with van der Waals surface area (Å²) < 4.78 is 29.0. The lowest BCUT2D eigenvalue weighted by Gasteiger charge is -2.23. The van der Waals surface area contributed by atoms with Gasteiger partial charge in [-0.05, 0) is 54.6 Å². The van der Waals surface area contributed by atoms with E-state index in [-0.39, 0.29) is 28.9 Å². The average molecular weight is 474 g/mol. The van der Waals surface area contributed by atoms with Crippen molar-refractivity contribution in [3.8, 4) is 0 Å². The van der Waals surface area contributed by atoms with Gasteiger partial charge in [0.2, 0.25) is 0 Å². The number of carbonyl (C=O) groups excluding carboxylic acids is 2. The molecule has 34 heavy (non-hydrogen) atoms. The van der Waals surface area contributed by atoms with Gasteiger partial charge in [0.05, 0.1) is 11.8 Å². The maximum atomic E-state index is 14.5. The number of nitrogens with zero attached hydrogens (tertiary/aromatic N) is 2. The Morgan fingerprint density at radius 3 is 2.62 bits per heavy atom. The Morgan fingerprint density at radius 2 is 2.03 bits per heavy atom. The first-order valence-electron chi connectivity index (χ1n) is 11.2. The number of amides is 1. The van der Waals surface area contributed by atoms with Gasteiger partial charge in [0, 0.05) is 38.7 Å². The summed E-state index contributed by atoms with van der Waals surface area (Å²) in [6.07, 6.45) is 16.4. The number of ketones is 1. The van der Waals surface area contributed by atoms with Crippen molar-refractivity contribution in [2.24, 2.45) is 21.8 Å². The number of rotatable bonds is 8. The number of hydrogen-bond acceptors (Lipinski definition) is 4. The average Bonchev–Trinajstić information content (AvgIpc) is 3.51. The molecule has 0 aromatic carbocycles. The molecule has 182 valence electrons. The number of fused-ring (bicyclic) bond motifs is 1. The van der Waals surface area contributed by atoms with Crippen molar-refractivity contribution < 1.29 is 24.5 Å². The fraction of sp³-hybridized carbons (Fsp3) is 0.385. The van der Waals surface area contributed by atoms with Crippen LogP contribution in [0.5, 0.6) is 0 Å². The minimum atomic E-state index is -3.11. The normalized spacial score (nSPS) is 23.7. The molecule has 0 fully saturated rings. The number of hydrogen-bond donors (Lipinski definition) is 1. The number of halogens is 3. The number of allylic oxidation sites excluding steroid dienone is 9. The zero-order valence-corrected chi connectivity index (χ0v) is 19.3. The van der Waals surface area contributed by atoms with Gasteiger partial charge in [0.1, 0.15) is 5.70 Å². The van der Waals surface area contributed by atoms with Crippen LogP contribution in [0.3, 0.4) is 0 Å². The lowest BCUT2D eigenvalue weighted by molar-refractivity contribution is -0.124. The van der Waals surface area contributed by atoms with Crippen LogP contribution in [0.25, 0.3) is 0 Å². The van der Waals surface area contributed by atoms with E-state index in [0.29, 0.717) is 24.3 Å². The molecule has 2 aliphatic carbocycles. The van der Waals surface area contributed by atoms with Gasteiger partial charge in [-0.1, -0.05) is 31.2 Å². The predicted molar refractivity (Wildman–Crippen MR) is 130 cm³/mol. The Hall–Kier alpha value is -3.29. The van der Waals surface area contributed by atoms with Crippen LogP contribution >= 0.6 is 0 Å². The molecule has 4 aliphatic rings. The second kappa shape index (κ2) is 9.91. The summed E-state index contributed by atoms with van der Waals surface area (Å²) in [4.78, 5) is 33.3. The Bertz CT molecular complexity index is 1140. The van der Waals surface area contributed by atoms with Crippen molar-refractivity contribution in [3.63, 3.8) is 0 Å². The van der Waals surface area contributed by atoms with Crippen molar-refractivity contribution in [1.29, 1.82) is 0 Å². The lowest BCUT2D eigenvalue weighted by atomic mass is 9.84. The van der Waals surface area contributed by atoms with E-state index in [2.05, 4.69) is 34.4 Å². The van der Waals surface area contributed by atoms with E-state index in [9.17, 15) is 18.4 Å². The van der Waals surface area contributed by atoms with Crippen molar-refractivity contribution >= 4 is 23.6 Å². The molecular weight excluding hydrogens is 443 g/mol. The highest BCUT2D eigenvalue weighted by atomic mass is 19.3. The molecular formula is C26H30F3N3O2. The second-order valence-corrected chi connectivity index (χ2v) is 8.86. The molecule has 0 aromatic heterocycles. The molecule has 0 aromatic rings. The molecule has 5 nitrogen and oxygen atoms in total. The maximum absolute atomic E-state index is 14.5. The second-order valence-electron chi connectivity index (χ2n) is 8.86. The molecule has 0 spiro atoms. The third-order valence-electron chi connectivity index (χ3n) is 6.23. The summed E-state index contributed by atoms with van der Waals surface area (Å²) in [7, 11) is 0. The van der Waals surface area contributed by atoms with Crippen molar-refractivity contribution in [1.82, 2.24) is 5.32 Å². The first-order chi connectivity index (χ1) is 15.7. The number of Topliss-reactive ketones (excluding diaryl/α,β-unsaturated/α-hetero) is 1. The van der Waals surface area contributed by atoms with E-state index >= 15 is 0 Å². The van der Waals surface area contributed by atoms with Gasteiger partial charge in [-0.15, -0.1) is 0 Å². The van der Waals surface area contributed by atoms with E-state index in [0.717, 1.165) is 24.5 Å². The van der Waals surface area contributed by atoms with Crippen LogP contribution in [0.4, 0.5) is 13.5 Å². The Kier molecular flexibility index (Phi) is 7.38. The van der Waals surface area contributed by atoms with Crippen molar-refractivity contribution in [2.75, 3.05) is 0 Å². The summed E-state index contributed by atoms with van der Waals surface area (Å²) in [6, 6.07) is -0.720. The molecule has 4 rings (SSSR count). The topological polar surface area (TPSA) is 70.9 Å². The zero-order valence-electron chi connectivity index (χ0n) is 19.3. The molecule has 0 bridgehead atoms. The largest absolute Gasteiger partial charge is 0.341 e. The van der Waals surface area contributed by atoms with Gasteiger partial charge in [-0.3, -0.25) is 19.3 Å². The zero-order chi connectivity index (χ0) is 23.8. The van der Waals surface area contributed by atoms with E-state index in [1.807, 2.05) is 12.2 Å². The lowest BCUT2D eigenvalue weighted by Crippen LogP contribution is -2.40. The summed E-state index contributed by atoms with van der Waals surface area (Å²) in [6.45, 7) is 4.33. The van der Waals surface area contributed by atoms with Crippen LogP contribution in [0.1, 0.15) is 41.5 Å². The van der Waals surface area contributed by atoms with Gasteiger partial charge in [-0.2, -0.15) is 0 Å². The van der Waals surface area contributed by atoms with Gasteiger partial charge < -0.3 is 5.32 Å². The molecule has 3 unspecified atom stereocenters. The monoisotopic (exact) mass is 473 g/mol. The highest BCUT2D eigenvalue weighted by Crippen LogP contribution is 2.39. The predicted octanol–water partition coefficient (Wildman–Crippen LogP) is 5.21. The fourth-order valence-corrected chi connectivity index (χ4v) is 4.31. The van der Waals surface area contributed by atoms with E-state index < -0.39 is 23.8 Å². The standard InChI is InChI=1S/C26H27F2N3O2.FH.H2/c1-4-16-5-6-18(9-16)19-11-20-13-23(30-24(20)21(12-19)26(3,27)28)25(33)31-22(15(2)32)10-17-7-8-29-14-17;;/h5-6,8-9,11-14,16,20,22H,4,7,10H2,1-3H3,(H,31,33);2*1H. The first-order valence-corrected chi connectivity index (χ1v) is 11.2. The molecule has 0 radical (unpaired) electrons. The number of nitrogens with one attached hydrogen (secondary N) is 1. The Morgan fingerprint density at radius 1 is 1.26 bits per heavy atom. The van der Waals surface area contributed by atoms with Crippen LogP contribution in [-0.4, -0.2) is 35.6 Å². The minimum absolute atomic E-state index is 0. The number of aliphatic imine (C=N–C) groups is 2. The highest BCUT2D eigenvalue weighted by Gasteiger charge is 2.39. The first kappa shape index (κ1) is 25.3. The Balaban J connectivity index is 0.00000216. The summed E-state index contributed by atoms with van der Waals surface area (Å²) >= 11 is 0. The molecule has 3 atom stereocenters. The molecule has 2 aliphatic heterocycles. The fourth-order valence-electron chi connectivity index (χ4n) is 4.31. The molecule has 0 saturated carbocycles. The summed E-state index contributed by atoms with van der Waals surface area (Å²) in [5.41, 5.74) is 2.59.